The number of amides is 2. The van der Waals surface area contributed by atoms with Gasteiger partial charge in [0.15, 0.2) is 6.61 Å². The first-order valence-corrected chi connectivity index (χ1v) is 10.7. The van der Waals surface area contributed by atoms with Crippen LogP contribution in [0, 0.1) is 13.8 Å². The Morgan fingerprint density at radius 3 is 2.40 bits per heavy atom. The number of hydrogen-bond donors (Lipinski definition) is 1. The molecule has 30 heavy (non-hydrogen) atoms. The van der Waals surface area contributed by atoms with Crippen molar-refractivity contribution in [3.05, 3.63) is 65.2 Å². The summed E-state index contributed by atoms with van der Waals surface area (Å²) < 4.78 is 5.75. The molecule has 0 heterocycles. The van der Waals surface area contributed by atoms with Crippen LogP contribution in [0.5, 0.6) is 5.75 Å². The van der Waals surface area contributed by atoms with Gasteiger partial charge in [0.2, 0.25) is 5.91 Å². The van der Waals surface area contributed by atoms with Crippen LogP contribution in [0.3, 0.4) is 0 Å². The highest BCUT2D eigenvalue weighted by Gasteiger charge is 2.29. The number of rotatable bonds is 10. The lowest BCUT2D eigenvalue weighted by molar-refractivity contribution is -0.143. The Morgan fingerprint density at radius 2 is 1.77 bits per heavy atom. The summed E-state index contributed by atoms with van der Waals surface area (Å²) in [7, 11) is 0. The van der Waals surface area contributed by atoms with Gasteiger partial charge < -0.3 is 15.0 Å². The average molecular weight is 411 g/mol. The zero-order valence-electron chi connectivity index (χ0n) is 18.8. The van der Waals surface area contributed by atoms with Crippen molar-refractivity contribution in [2.75, 3.05) is 6.61 Å². The van der Waals surface area contributed by atoms with Crippen molar-refractivity contribution in [2.45, 2.75) is 66.1 Å². The second kappa shape index (κ2) is 11.4. The minimum Gasteiger partial charge on any atom is -0.484 e. The molecule has 2 aromatic carbocycles. The molecule has 5 heteroatoms. The summed E-state index contributed by atoms with van der Waals surface area (Å²) in [5, 5.41) is 3.02. The smallest absolute Gasteiger partial charge is 0.261 e. The standard InChI is InChI=1S/C25H34N2O3/c1-6-20(5)26-25(29)23(7-2)27(16-21-13-9-8-12-19(21)4)24(28)17-30-22-14-10-11-18(3)15-22/h8-15,20,23H,6-7,16-17H2,1-5H3,(H,26,29)/t20-,23-/m1/s1. The minimum absolute atomic E-state index is 0.0607. The van der Waals surface area contributed by atoms with Gasteiger partial charge in [-0.2, -0.15) is 0 Å². The van der Waals surface area contributed by atoms with Crippen molar-refractivity contribution in [1.29, 1.82) is 0 Å². The molecule has 0 aromatic heterocycles. The van der Waals surface area contributed by atoms with Gasteiger partial charge in [-0.15, -0.1) is 0 Å². The van der Waals surface area contributed by atoms with E-state index in [-0.39, 0.29) is 24.5 Å². The summed E-state index contributed by atoms with van der Waals surface area (Å²) in [5.41, 5.74) is 3.18. The quantitative estimate of drug-likeness (QED) is 0.631. The largest absolute Gasteiger partial charge is 0.484 e. The van der Waals surface area contributed by atoms with Gasteiger partial charge in [-0.1, -0.05) is 50.2 Å². The number of nitrogens with one attached hydrogen (secondary N) is 1. The van der Waals surface area contributed by atoms with E-state index in [0.717, 1.165) is 23.1 Å². The van der Waals surface area contributed by atoms with Gasteiger partial charge in [0, 0.05) is 12.6 Å². The van der Waals surface area contributed by atoms with Crippen molar-refractivity contribution < 1.29 is 14.3 Å². The van der Waals surface area contributed by atoms with Crippen LogP contribution in [0.1, 0.15) is 50.3 Å². The Bertz CT molecular complexity index is 850. The van der Waals surface area contributed by atoms with Crippen LogP contribution in [0.2, 0.25) is 0 Å². The van der Waals surface area contributed by atoms with Crippen molar-refractivity contribution in [1.82, 2.24) is 10.2 Å². The van der Waals surface area contributed by atoms with E-state index in [1.165, 1.54) is 0 Å². The first-order chi connectivity index (χ1) is 14.3. The van der Waals surface area contributed by atoms with E-state index < -0.39 is 6.04 Å². The predicted molar refractivity (Wildman–Crippen MR) is 120 cm³/mol. The summed E-state index contributed by atoms with van der Waals surface area (Å²) in [6.07, 6.45) is 1.37. The van der Waals surface area contributed by atoms with Crippen LogP contribution in [-0.4, -0.2) is 35.4 Å². The summed E-state index contributed by atoms with van der Waals surface area (Å²) in [5.74, 6) is 0.326. The fourth-order valence-electron chi connectivity index (χ4n) is 3.26. The lowest BCUT2D eigenvalue weighted by Gasteiger charge is -2.31. The van der Waals surface area contributed by atoms with E-state index in [9.17, 15) is 9.59 Å². The van der Waals surface area contributed by atoms with Gasteiger partial charge in [0.1, 0.15) is 11.8 Å². The molecule has 0 saturated heterocycles. The topological polar surface area (TPSA) is 58.6 Å². The van der Waals surface area contributed by atoms with Gasteiger partial charge in [0.25, 0.3) is 5.91 Å². The van der Waals surface area contributed by atoms with Gasteiger partial charge in [-0.3, -0.25) is 9.59 Å². The van der Waals surface area contributed by atoms with Crippen LogP contribution in [-0.2, 0) is 16.1 Å². The van der Waals surface area contributed by atoms with E-state index in [0.29, 0.717) is 18.7 Å². The molecule has 2 amide bonds. The monoisotopic (exact) mass is 410 g/mol. The van der Waals surface area contributed by atoms with E-state index in [1.54, 1.807) is 4.90 Å². The molecule has 5 nitrogen and oxygen atoms in total. The van der Waals surface area contributed by atoms with Crippen molar-refractivity contribution in [3.8, 4) is 5.75 Å². The van der Waals surface area contributed by atoms with Crippen molar-refractivity contribution >= 4 is 11.8 Å². The summed E-state index contributed by atoms with van der Waals surface area (Å²) in [4.78, 5) is 27.8. The van der Waals surface area contributed by atoms with Crippen molar-refractivity contribution in [3.63, 3.8) is 0 Å². The van der Waals surface area contributed by atoms with Gasteiger partial charge in [-0.05, 0) is 62.4 Å². The maximum atomic E-state index is 13.2. The molecule has 0 fully saturated rings. The predicted octanol–water partition coefficient (Wildman–Crippen LogP) is 4.40. The van der Waals surface area contributed by atoms with Crippen LogP contribution in [0.25, 0.3) is 0 Å². The first-order valence-electron chi connectivity index (χ1n) is 10.7. The third-order valence-electron chi connectivity index (χ3n) is 5.34. The van der Waals surface area contributed by atoms with E-state index in [4.69, 9.17) is 4.74 Å². The maximum Gasteiger partial charge on any atom is 0.261 e. The number of hydrogen-bond acceptors (Lipinski definition) is 3. The molecule has 2 aromatic rings. The Hall–Kier alpha value is -2.82. The second-order valence-corrected chi connectivity index (χ2v) is 7.80. The molecular weight excluding hydrogens is 376 g/mol. The molecule has 0 aliphatic rings. The molecule has 0 aliphatic carbocycles. The maximum absolute atomic E-state index is 13.2. The molecule has 0 bridgehead atoms. The zero-order valence-corrected chi connectivity index (χ0v) is 18.8. The Morgan fingerprint density at radius 1 is 1.03 bits per heavy atom. The summed E-state index contributed by atoms with van der Waals surface area (Å²) in [6, 6.07) is 15.0. The number of carbonyl (C=O) groups is 2. The molecule has 0 unspecified atom stereocenters. The molecule has 0 spiro atoms. The number of nitrogens with zero attached hydrogens (tertiary/aromatic N) is 1. The molecular formula is C25H34N2O3. The minimum atomic E-state index is -0.549. The highest BCUT2D eigenvalue weighted by molar-refractivity contribution is 5.88. The molecule has 1 N–H and O–H groups in total. The lowest BCUT2D eigenvalue weighted by atomic mass is 10.1. The fourth-order valence-corrected chi connectivity index (χ4v) is 3.26. The van der Waals surface area contributed by atoms with Gasteiger partial charge in [0.05, 0.1) is 0 Å². The fraction of sp³-hybridized carbons (Fsp3) is 0.440. The number of ether oxygens (including phenoxy) is 1. The zero-order chi connectivity index (χ0) is 22.1. The van der Waals surface area contributed by atoms with E-state index >= 15 is 0 Å². The van der Waals surface area contributed by atoms with Crippen LogP contribution < -0.4 is 10.1 Å². The Labute approximate surface area is 180 Å². The first kappa shape index (κ1) is 23.5. The van der Waals surface area contributed by atoms with Crippen molar-refractivity contribution in [2.24, 2.45) is 0 Å². The number of carbonyl (C=O) groups excluding carboxylic acids is 2. The van der Waals surface area contributed by atoms with E-state index in [1.807, 2.05) is 83.1 Å². The Kier molecular flexibility index (Phi) is 8.90. The van der Waals surface area contributed by atoms with E-state index in [2.05, 4.69) is 5.32 Å². The second-order valence-electron chi connectivity index (χ2n) is 7.80. The molecule has 2 atom stereocenters. The molecule has 0 aliphatic heterocycles. The van der Waals surface area contributed by atoms with Gasteiger partial charge >= 0.3 is 0 Å². The number of aryl methyl sites for hydroxylation is 2. The number of benzene rings is 2. The molecule has 162 valence electrons. The van der Waals surface area contributed by atoms with Crippen LogP contribution in [0.15, 0.2) is 48.5 Å². The van der Waals surface area contributed by atoms with Crippen LogP contribution in [0.4, 0.5) is 0 Å². The SMILES string of the molecule is CC[C@@H](C)NC(=O)[C@@H](CC)N(Cc1ccccc1C)C(=O)COc1cccc(C)c1. The molecule has 0 saturated carbocycles. The molecule has 0 radical (unpaired) electrons. The Balaban J connectivity index is 2.23. The summed E-state index contributed by atoms with van der Waals surface area (Å²) in [6.45, 7) is 10.2. The normalized spacial score (nSPS) is 12.7. The highest BCUT2D eigenvalue weighted by atomic mass is 16.5. The highest BCUT2D eigenvalue weighted by Crippen LogP contribution is 2.17. The third-order valence-corrected chi connectivity index (χ3v) is 5.34. The lowest BCUT2D eigenvalue weighted by Crippen LogP contribution is -2.51. The molecule has 2 rings (SSSR count). The third kappa shape index (κ3) is 6.61. The van der Waals surface area contributed by atoms with Gasteiger partial charge in [-0.25, -0.2) is 0 Å². The summed E-state index contributed by atoms with van der Waals surface area (Å²) >= 11 is 0. The van der Waals surface area contributed by atoms with Crippen LogP contribution >= 0.6 is 0 Å². The average Bonchev–Trinajstić information content (AvgIpc) is 2.73.